The Morgan fingerprint density at radius 1 is 1.42 bits per heavy atom. The molecule has 0 aliphatic carbocycles. The van der Waals surface area contributed by atoms with Crippen LogP contribution in [0.4, 0.5) is 16.3 Å². The number of aromatic nitrogens is 1. The number of carbonyl (C=O) groups is 1. The van der Waals surface area contributed by atoms with Crippen LogP contribution >= 0.6 is 0 Å². The van der Waals surface area contributed by atoms with Crippen molar-refractivity contribution in [3.8, 4) is 0 Å². The van der Waals surface area contributed by atoms with E-state index in [1.165, 1.54) is 19.4 Å². The molecule has 7 heteroatoms. The van der Waals surface area contributed by atoms with Gasteiger partial charge in [-0.3, -0.25) is 10.7 Å². The molecule has 0 saturated heterocycles. The Kier molecular flexibility index (Phi) is 5.73. The average molecular weight is 333 g/mol. The molecule has 0 saturated carbocycles. The number of benzene rings is 1. The van der Waals surface area contributed by atoms with Crippen molar-refractivity contribution in [2.24, 2.45) is 0 Å². The van der Waals surface area contributed by atoms with Crippen LogP contribution in [0.25, 0.3) is 0 Å². The zero-order valence-electron chi connectivity index (χ0n) is 13.7. The first-order valence-corrected chi connectivity index (χ1v) is 7.49. The highest BCUT2D eigenvalue weighted by atomic mass is 16.5. The van der Waals surface area contributed by atoms with Crippen LogP contribution in [0, 0.1) is 5.41 Å². The number of urea groups is 1. The molecule has 2 rings (SSSR count). The Hall–Kier alpha value is -3.09. The lowest BCUT2D eigenvalue weighted by Gasteiger charge is -2.14. The van der Waals surface area contributed by atoms with Crippen LogP contribution in [-0.2, 0) is 4.74 Å². The lowest BCUT2D eigenvalue weighted by molar-refractivity contribution is 0.251. The van der Waals surface area contributed by atoms with Crippen LogP contribution in [0.1, 0.15) is 28.2 Å². The van der Waals surface area contributed by atoms with Crippen LogP contribution in [0.3, 0.4) is 0 Å². The summed E-state index contributed by atoms with van der Waals surface area (Å²) in [6.07, 6.45) is 1.39. The molecule has 7 nitrogen and oxygen atoms in total. The van der Waals surface area contributed by atoms with Crippen LogP contribution in [-0.4, -0.2) is 30.6 Å². The van der Waals surface area contributed by atoms with Crippen molar-refractivity contribution in [1.82, 2.24) is 10.3 Å². The quantitative estimate of drug-likeness (QED) is 0.496. The van der Waals surface area contributed by atoms with E-state index in [0.29, 0.717) is 23.6 Å². The molecule has 132 valence electrons. The molecule has 2 aromatic rings. The fourth-order valence-corrected chi connectivity index (χ4v) is 2.14. The first-order valence-electron chi connectivity index (χ1n) is 7.49. The number of methoxy groups -OCH3 is 1. The Bertz CT molecular complexity index is 732. The summed E-state index contributed by atoms with van der Waals surface area (Å²) in [4.78, 5) is 16.0. The number of hydrogen-bond acceptors (Lipinski definition) is 5. The van der Waals surface area contributed by atoms with E-state index in [0.717, 1.165) is 5.56 Å². The summed E-state index contributed by atoms with van der Waals surface area (Å²) in [5.41, 5.74) is 7.68. The first-order chi connectivity index (χ1) is 11.5. The smallest absolute Gasteiger partial charge is 0.320 e. The topological polar surface area (TPSA) is 113 Å². The van der Waals surface area contributed by atoms with Crippen LogP contribution < -0.4 is 16.4 Å². The minimum atomic E-state index is -0.362. The number of rotatable bonds is 5. The molecule has 0 aliphatic heterocycles. The summed E-state index contributed by atoms with van der Waals surface area (Å²) >= 11 is 0. The van der Waals surface area contributed by atoms with Gasteiger partial charge in [-0.25, -0.2) is 9.78 Å². The van der Waals surface area contributed by atoms with E-state index >= 15 is 0 Å². The monoisotopic (exact) mass is 333 g/mol. The van der Waals surface area contributed by atoms with Crippen molar-refractivity contribution in [2.75, 3.05) is 24.7 Å². The van der Waals surface area contributed by atoms with Crippen molar-refractivity contribution in [1.29, 1.82) is 5.41 Å². The zero-order chi connectivity index (χ0) is 17.5. The van der Waals surface area contributed by atoms with E-state index in [1.807, 2.05) is 37.3 Å². The maximum atomic E-state index is 12.0. The molecule has 1 unspecified atom stereocenters. The summed E-state index contributed by atoms with van der Waals surface area (Å²) < 4.78 is 4.81. The van der Waals surface area contributed by atoms with Gasteiger partial charge in [0.1, 0.15) is 5.82 Å². The molecule has 2 amide bonds. The fourth-order valence-electron chi connectivity index (χ4n) is 2.14. The number of hydrogen-bond donors (Lipinski definition) is 4. The molecule has 0 aliphatic rings. The second-order valence-electron chi connectivity index (χ2n) is 5.34. The van der Waals surface area contributed by atoms with E-state index in [4.69, 9.17) is 15.9 Å². The van der Waals surface area contributed by atoms with Crippen molar-refractivity contribution in [2.45, 2.75) is 12.8 Å². The molecular formula is C17H27N5O2. The lowest BCUT2D eigenvalue weighted by Crippen LogP contribution is -2.32. The van der Waals surface area contributed by atoms with Gasteiger partial charge in [0.15, 0.2) is 0 Å². The number of amides is 2. The van der Waals surface area contributed by atoms with Gasteiger partial charge < -0.3 is 15.8 Å². The predicted octanol–water partition coefficient (Wildman–Crippen LogP) is 3.30. The zero-order valence-corrected chi connectivity index (χ0v) is 13.7. The molecule has 1 atom stereocenters. The molecule has 5 N–H and O–H groups in total. The molecule has 1 aromatic carbocycles. The number of ether oxygens (including phenoxy) is 1. The second kappa shape index (κ2) is 7.96. The van der Waals surface area contributed by atoms with Gasteiger partial charge in [-0.15, -0.1) is 0 Å². The average Bonchev–Trinajstić information content (AvgIpc) is 2.60. The Labute approximate surface area is 145 Å². The lowest BCUT2D eigenvalue weighted by atomic mass is 10.0. The van der Waals surface area contributed by atoms with E-state index < -0.39 is 0 Å². The largest absolute Gasteiger partial charge is 0.481 e. The molecule has 0 spiro atoms. The molecule has 1 aromatic heterocycles. The van der Waals surface area contributed by atoms with Gasteiger partial charge >= 0.3 is 6.03 Å². The molecule has 0 radical (unpaired) electrons. The Balaban J connectivity index is 0. The minimum absolute atomic E-state index is 0. The van der Waals surface area contributed by atoms with Crippen molar-refractivity contribution < 1.29 is 13.8 Å². The summed E-state index contributed by atoms with van der Waals surface area (Å²) in [6, 6.07) is 11.1. The fraction of sp³-hybridized carbons (Fsp3) is 0.235. The summed E-state index contributed by atoms with van der Waals surface area (Å²) in [5.74, 6) is 0.428. The highest BCUT2D eigenvalue weighted by molar-refractivity contribution is 5.97. The van der Waals surface area contributed by atoms with Gasteiger partial charge in [-0.1, -0.05) is 37.3 Å². The third kappa shape index (κ3) is 4.45. The number of carbonyl (C=O) groups excluding carboxylic acids is 1. The van der Waals surface area contributed by atoms with Crippen LogP contribution in [0.5, 0.6) is 0 Å². The van der Waals surface area contributed by atoms with Crippen LogP contribution in [0.15, 0.2) is 42.6 Å². The molecule has 0 fully saturated rings. The minimum Gasteiger partial charge on any atom is -0.481 e. The Morgan fingerprint density at radius 3 is 2.75 bits per heavy atom. The van der Waals surface area contributed by atoms with Crippen molar-refractivity contribution >= 4 is 23.4 Å². The Morgan fingerprint density at radius 2 is 2.12 bits per heavy atom. The summed E-state index contributed by atoms with van der Waals surface area (Å²) in [6.45, 7) is 2.54. The van der Waals surface area contributed by atoms with Gasteiger partial charge in [0.25, 0.3) is 0 Å². The molecule has 1 heterocycles. The maximum Gasteiger partial charge on any atom is 0.320 e. The first kappa shape index (κ1) is 17.3. The van der Waals surface area contributed by atoms with Crippen molar-refractivity contribution in [3.63, 3.8) is 0 Å². The summed E-state index contributed by atoms with van der Waals surface area (Å²) in [5, 5.41) is 13.0. The van der Waals surface area contributed by atoms with E-state index in [2.05, 4.69) is 15.6 Å². The third-order valence-corrected chi connectivity index (χ3v) is 3.56. The number of nitrogens with zero attached hydrogens (tertiary/aromatic N) is 1. The number of nitrogen functional groups attached to an aromatic ring is 1. The third-order valence-electron chi connectivity index (χ3n) is 3.56. The highest BCUT2D eigenvalue weighted by Crippen LogP contribution is 2.16. The standard InChI is InChI=1S/C17H21N5O2.3H2/c1-11(12-6-4-3-5-7-12)9-21-17(23)22-15-8-14(18)13(10-20-15)16(19)24-2;;;/h3-8,10-11,19H,9H2,1-2H3,(H4,18,20,21,22,23);3*1H. The van der Waals surface area contributed by atoms with E-state index in [-0.39, 0.29) is 22.1 Å². The van der Waals surface area contributed by atoms with Gasteiger partial charge in [0.2, 0.25) is 5.90 Å². The van der Waals surface area contributed by atoms with Crippen molar-refractivity contribution in [3.05, 3.63) is 53.7 Å². The highest BCUT2D eigenvalue weighted by Gasteiger charge is 2.11. The normalized spacial score (nSPS) is 11.4. The SMILES string of the molecule is COC(=N)c1cnc(NC(=O)NCC(C)c2ccccc2)cc1N.[HH].[HH].[HH]. The van der Waals surface area contributed by atoms with Gasteiger partial charge in [0.05, 0.1) is 12.7 Å². The summed E-state index contributed by atoms with van der Waals surface area (Å²) in [7, 11) is 1.38. The van der Waals surface area contributed by atoms with Crippen LogP contribution in [0.2, 0.25) is 0 Å². The predicted molar refractivity (Wildman–Crippen MR) is 101 cm³/mol. The molecular weight excluding hydrogens is 306 g/mol. The van der Waals surface area contributed by atoms with Gasteiger partial charge in [0, 0.05) is 28.8 Å². The van der Waals surface area contributed by atoms with Gasteiger partial charge in [-0.2, -0.15) is 0 Å². The molecule has 0 bridgehead atoms. The number of pyridine rings is 1. The number of anilines is 2. The second-order valence-corrected chi connectivity index (χ2v) is 5.34. The van der Waals surface area contributed by atoms with E-state index in [1.54, 1.807) is 0 Å². The van der Waals surface area contributed by atoms with Gasteiger partial charge in [-0.05, 0) is 11.5 Å². The molecule has 24 heavy (non-hydrogen) atoms. The number of nitrogens with one attached hydrogen (secondary N) is 3. The van der Waals surface area contributed by atoms with E-state index in [9.17, 15) is 4.79 Å². The maximum absolute atomic E-state index is 12.0. The number of nitrogens with two attached hydrogens (primary N) is 1.